The molecular weight excluding hydrogens is 308 g/mol. The van der Waals surface area contributed by atoms with E-state index in [1.54, 1.807) is 12.1 Å². The van der Waals surface area contributed by atoms with Gasteiger partial charge in [-0.25, -0.2) is 4.79 Å². The molecule has 0 aromatic heterocycles. The molecule has 0 radical (unpaired) electrons. The molecule has 0 fully saturated rings. The Morgan fingerprint density at radius 3 is 2.33 bits per heavy atom. The van der Waals surface area contributed by atoms with E-state index in [1.165, 1.54) is 13.0 Å². The summed E-state index contributed by atoms with van der Waals surface area (Å²) in [6.45, 7) is 6.59. The van der Waals surface area contributed by atoms with Gasteiger partial charge in [0.15, 0.2) is 6.61 Å². The molecule has 1 aromatic carbocycles. The molecule has 1 rings (SSSR count). The number of benzene rings is 1. The number of carbonyl (C=O) groups excluding carboxylic acids is 3. The van der Waals surface area contributed by atoms with Gasteiger partial charge in [0.2, 0.25) is 5.91 Å². The van der Waals surface area contributed by atoms with E-state index in [0.29, 0.717) is 0 Å². The van der Waals surface area contributed by atoms with Gasteiger partial charge in [-0.15, -0.1) is 0 Å². The van der Waals surface area contributed by atoms with Crippen LogP contribution in [0.5, 0.6) is 0 Å². The summed E-state index contributed by atoms with van der Waals surface area (Å²) >= 11 is 0. The number of carbonyl (C=O) groups is 3. The Kier molecular flexibility index (Phi) is 7.17. The zero-order chi connectivity index (χ0) is 18.2. The van der Waals surface area contributed by atoms with Gasteiger partial charge in [0.05, 0.1) is 0 Å². The zero-order valence-electron chi connectivity index (χ0n) is 14.5. The third-order valence-electron chi connectivity index (χ3n) is 3.34. The average Bonchev–Trinajstić information content (AvgIpc) is 2.52. The van der Waals surface area contributed by atoms with Crippen molar-refractivity contribution in [2.45, 2.75) is 39.7 Å². The van der Waals surface area contributed by atoms with Crippen molar-refractivity contribution in [1.29, 1.82) is 0 Å². The van der Waals surface area contributed by atoms with Gasteiger partial charge in [0.1, 0.15) is 5.70 Å². The number of nitrogens with one attached hydrogen (secondary N) is 2. The van der Waals surface area contributed by atoms with Crippen LogP contribution >= 0.6 is 0 Å². The molecule has 0 aliphatic heterocycles. The Morgan fingerprint density at radius 2 is 1.79 bits per heavy atom. The van der Waals surface area contributed by atoms with Gasteiger partial charge in [0.25, 0.3) is 5.91 Å². The van der Waals surface area contributed by atoms with Crippen molar-refractivity contribution >= 4 is 23.9 Å². The number of rotatable bonds is 7. The van der Waals surface area contributed by atoms with Crippen LogP contribution in [0.25, 0.3) is 6.08 Å². The predicted molar refractivity (Wildman–Crippen MR) is 91.7 cm³/mol. The Labute approximate surface area is 142 Å². The summed E-state index contributed by atoms with van der Waals surface area (Å²) in [6.07, 6.45) is 2.25. The molecule has 24 heavy (non-hydrogen) atoms. The van der Waals surface area contributed by atoms with E-state index in [2.05, 4.69) is 10.6 Å². The summed E-state index contributed by atoms with van der Waals surface area (Å²) in [6, 6.07) is 9.02. The number of amides is 2. The van der Waals surface area contributed by atoms with Crippen molar-refractivity contribution < 1.29 is 19.1 Å². The van der Waals surface area contributed by atoms with Crippen LogP contribution in [0.15, 0.2) is 36.0 Å². The SMILES string of the molecule is CCC(C)(C)NC(=O)COC(=O)/C(=C/c1ccccc1)NC(C)=O. The monoisotopic (exact) mass is 332 g/mol. The van der Waals surface area contributed by atoms with Crippen LogP contribution in [0.3, 0.4) is 0 Å². The summed E-state index contributed by atoms with van der Waals surface area (Å²) < 4.78 is 5.00. The third kappa shape index (κ3) is 7.09. The molecule has 130 valence electrons. The summed E-state index contributed by atoms with van der Waals surface area (Å²) in [7, 11) is 0. The molecule has 0 spiro atoms. The van der Waals surface area contributed by atoms with Crippen molar-refractivity contribution in [2.24, 2.45) is 0 Å². The van der Waals surface area contributed by atoms with E-state index < -0.39 is 24.4 Å². The first-order chi connectivity index (χ1) is 11.2. The fraction of sp³-hybridized carbons (Fsp3) is 0.389. The van der Waals surface area contributed by atoms with Gasteiger partial charge >= 0.3 is 5.97 Å². The molecular formula is C18H24N2O4. The van der Waals surface area contributed by atoms with Crippen LogP contribution in [0, 0.1) is 0 Å². The highest BCUT2D eigenvalue weighted by molar-refractivity contribution is 5.98. The molecule has 0 heterocycles. The summed E-state index contributed by atoms with van der Waals surface area (Å²) in [5.74, 6) is -1.55. The van der Waals surface area contributed by atoms with Crippen LogP contribution in [0.2, 0.25) is 0 Å². The molecule has 6 heteroatoms. The summed E-state index contributed by atoms with van der Waals surface area (Å²) in [5, 5.41) is 5.19. The van der Waals surface area contributed by atoms with Crippen LogP contribution in [0.4, 0.5) is 0 Å². The second-order valence-electron chi connectivity index (χ2n) is 6.01. The maximum absolute atomic E-state index is 12.1. The molecule has 0 unspecified atom stereocenters. The molecule has 0 saturated carbocycles. The second-order valence-corrected chi connectivity index (χ2v) is 6.01. The molecule has 2 amide bonds. The van der Waals surface area contributed by atoms with E-state index >= 15 is 0 Å². The number of hydrogen-bond donors (Lipinski definition) is 2. The van der Waals surface area contributed by atoms with Crippen molar-refractivity contribution in [3.8, 4) is 0 Å². The highest BCUT2D eigenvalue weighted by atomic mass is 16.5. The highest BCUT2D eigenvalue weighted by Crippen LogP contribution is 2.08. The van der Waals surface area contributed by atoms with E-state index in [4.69, 9.17) is 4.74 Å². The van der Waals surface area contributed by atoms with Crippen LogP contribution in [-0.2, 0) is 19.1 Å². The maximum atomic E-state index is 12.1. The van der Waals surface area contributed by atoms with E-state index in [9.17, 15) is 14.4 Å². The van der Waals surface area contributed by atoms with Crippen LogP contribution < -0.4 is 10.6 Å². The minimum absolute atomic E-state index is 0.0174. The molecule has 0 saturated heterocycles. The molecule has 0 bridgehead atoms. The Morgan fingerprint density at radius 1 is 1.17 bits per heavy atom. The van der Waals surface area contributed by atoms with Crippen molar-refractivity contribution in [3.63, 3.8) is 0 Å². The predicted octanol–water partition coefficient (Wildman–Crippen LogP) is 2.01. The second kappa shape index (κ2) is 8.86. The summed E-state index contributed by atoms with van der Waals surface area (Å²) in [4.78, 5) is 35.2. The number of esters is 1. The Bertz CT molecular complexity index is 621. The molecule has 1 aromatic rings. The zero-order valence-corrected chi connectivity index (χ0v) is 14.5. The van der Waals surface area contributed by atoms with Gasteiger partial charge in [0, 0.05) is 12.5 Å². The number of hydrogen-bond acceptors (Lipinski definition) is 4. The normalized spacial score (nSPS) is 11.6. The molecule has 0 aliphatic carbocycles. The standard InChI is InChI=1S/C18H24N2O4/c1-5-18(3,4)20-16(22)12-24-17(23)15(19-13(2)21)11-14-9-7-6-8-10-14/h6-11H,5,12H2,1-4H3,(H,19,21)(H,20,22)/b15-11-. The lowest BCUT2D eigenvalue weighted by Gasteiger charge is -2.24. The van der Waals surface area contributed by atoms with Crippen molar-refractivity contribution in [2.75, 3.05) is 6.61 Å². The highest BCUT2D eigenvalue weighted by Gasteiger charge is 2.20. The van der Waals surface area contributed by atoms with Crippen molar-refractivity contribution in [3.05, 3.63) is 41.6 Å². The average molecular weight is 332 g/mol. The lowest BCUT2D eigenvalue weighted by atomic mass is 10.0. The van der Waals surface area contributed by atoms with Gasteiger partial charge in [-0.05, 0) is 31.9 Å². The minimum atomic E-state index is -0.765. The van der Waals surface area contributed by atoms with Crippen molar-refractivity contribution in [1.82, 2.24) is 10.6 Å². The maximum Gasteiger partial charge on any atom is 0.355 e. The van der Waals surface area contributed by atoms with Gasteiger partial charge in [-0.1, -0.05) is 37.3 Å². The third-order valence-corrected chi connectivity index (χ3v) is 3.34. The quantitative estimate of drug-likeness (QED) is 0.591. The Hall–Kier alpha value is -2.63. The van der Waals surface area contributed by atoms with E-state index in [0.717, 1.165) is 12.0 Å². The fourth-order valence-electron chi connectivity index (χ4n) is 1.76. The first-order valence-corrected chi connectivity index (χ1v) is 7.76. The van der Waals surface area contributed by atoms with Gasteiger partial charge < -0.3 is 15.4 Å². The Balaban J connectivity index is 2.74. The van der Waals surface area contributed by atoms with E-state index in [-0.39, 0.29) is 11.2 Å². The van der Waals surface area contributed by atoms with Gasteiger partial charge in [-0.2, -0.15) is 0 Å². The molecule has 2 N–H and O–H groups in total. The lowest BCUT2D eigenvalue weighted by molar-refractivity contribution is -0.146. The van der Waals surface area contributed by atoms with Crippen LogP contribution in [-0.4, -0.2) is 29.9 Å². The topological polar surface area (TPSA) is 84.5 Å². The van der Waals surface area contributed by atoms with Gasteiger partial charge in [-0.3, -0.25) is 9.59 Å². The molecule has 0 atom stereocenters. The lowest BCUT2D eigenvalue weighted by Crippen LogP contribution is -2.44. The van der Waals surface area contributed by atoms with E-state index in [1.807, 2.05) is 39.0 Å². The summed E-state index contributed by atoms with van der Waals surface area (Å²) in [5.41, 5.74) is 0.343. The smallest absolute Gasteiger partial charge is 0.355 e. The first-order valence-electron chi connectivity index (χ1n) is 7.76. The fourth-order valence-corrected chi connectivity index (χ4v) is 1.76. The number of ether oxygens (including phenoxy) is 1. The van der Waals surface area contributed by atoms with Crippen LogP contribution in [0.1, 0.15) is 39.7 Å². The minimum Gasteiger partial charge on any atom is -0.451 e. The molecule has 0 aliphatic rings. The first kappa shape index (κ1) is 19.4. The largest absolute Gasteiger partial charge is 0.451 e. The molecule has 6 nitrogen and oxygen atoms in total.